The molecule has 0 saturated carbocycles. The minimum absolute atomic E-state index is 0. The average molecular weight is 532 g/mol. The lowest BCUT2D eigenvalue weighted by molar-refractivity contribution is -0.148. The van der Waals surface area contributed by atoms with E-state index in [9.17, 15) is 9.90 Å². The van der Waals surface area contributed by atoms with Gasteiger partial charge in [0.1, 0.15) is 0 Å². The monoisotopic (exact) mass is 530 g/mol. The van der Waals surface area contributed by atoms with Crippen LogP contribution in [0.15, 0.2) is 39.9 Å². The summed E-state index contributed by atoms with van der Waals surface area (Å²) in [7, 11) is 0. The summed E-state index contributed by atoms with van der Waals surface area (Å²) < 4.78 is 3.31. The highest BCUT2D eigenvalue weighted by Crippen LogP contribution is 2.30. The zero-order valence-electron chi connectivity index (χ0n) is 18.0. The van der Waals surface area contributed by atoms with E-state index in [1.54, 1.807) is 13.8 Å². The van der Waals surface area contributed by atoms with Crippen molar-refractivity contribution < 1.29 is 9.90 Å². The molecule has 0 aliphatic carbocycles. The van der Waals surface area contributed by atoms with Crippen molar-refractivity contribution in [1.29, 1.82) is 0 Å². The van der Waals surface area contributed by atoms with Gasteiger partial charge in [0.25, 0.3) is 0 Å². The summed E-state index contributed by atoms with van der Waals surface area (Å²) in [6, 6.07) is 8.57. The minimum Gasteiger partial charge on any atom is -0.481 e. The van der Waals surface area contributed by atoms with Crippen LogP contribution in [0.4, 0.5) is 5.69 Å². The predicted octanol–water partition coefficient (Wildman–Crippen LogP) is 4.57. The van der Waals surface area contributed by atoms with Crippen LogP contribution in [0.25, 0.3) is 0 Å². The molecule has 2 aliphatic rings. The summed E-state index contributed by atoms with van der Waals surface area (Å²) in [6.07, 6.45) is 2.12. The van der Waals surface area contributed by atoms with E-state index < -0.39 is 11.4 Å². The first-order valence-corrected chi connectivity index (χ1v) is 10.8. The maximum atomic E-state index is 11.5. The van der Waals surface area contributed by atoms with Crippen molar-refractivity contribution in [3.8, 4) is 0 Å². The zero-order valence-corrected chi connectivity index (χ0v) is 21.2. The Hall–Kier alpha value is -1.54. The molecule has 0 atom stereocenters. The molecule has 0 bridgehead atoms. The number of carboxylic acids is 1. The van der Waals surface area contributed by atoms with E-state index in [2.05, 4.69) is 67.7 Å². The van der Waals surface area contributed by atoms with Crippen LogP contribution in [0.5, 0.6) is 0 Å². The number of aliphatic carboxylic acids is 1. The number of piperazine rings is 1. The first-order valence-electron chi connectivity index (χ1n) is 9.98. The van der Waals surface area contributed by atoms with Crippen LogP contribution in [0.3, 0.4) is 0 Å². The van der Waals surface area contributed by atoms with E-state index in [0.717, 1.165) is 54.4 Å². The van der Waals surface area contributed by atoms with E-state index in [0.29, 0.717) is 6.54 Å². The summed E-state index contributed by atoms with van der Waals surface area (Å²) in [5, 5.41) is 9.42. The Kier molecular flexibility index (Phi) is 8.25. The van der Waals surface area contributed by atoms with Gasteiger partial charge in [0.05, 0.1) is 16.8 Å². The lowest BCUT2D eigenvalue weighted by Crippen LogP contribution is -2.52. The first-order chi connectivity index (χ1) is 13.7. The lowest BCUT2D eigenvalue weighted by atomic mass is 9.93. The maximum absolute atomic E-state index is 11.5. The highest BCUT2D eigenvalue weighted by atomic mass is 79.9. The summed E-state index contributed by atoms with van der Waals surface area (Å²) in [6.45, 7) is 10.4. The third-order valence-electron chi connectivity index (χ3n) is 5.76. The fourth-order valence-electron chi connectivity index (χ4n) is 4.08. The van der Waals surface area contributed by atoms with Crippen LogP contribution in [-0.4, -0.2) is 64.0 Å². The molecule has 170 valence electrons. The lowest BCUT2D eigenvalue weighted by Gasteiger charge is -2.38. The number of aryl methyl sites for hydroxylation is 1. The topological polar surface area (TPSA) is 61.1 Å². The summed E-state index contributed by atoms with van der Waals surface area (Å²) in [5.41, 5.74) is 3.87. The molecule has 31 heavy (non-hydrogen) atoms. The smallest absolute Gasteiger partial charge is 0.310 e. The molecule has 0 radical (unpaired) electrons. The molecule has 9 heteroatoms. The van der Waals surface area contributed by atoms with Crippen LogP contribution in [0.1, 0.15) is 30.7 Å². The van der Waals surface area contributed by atoms with Crippen LogP contribution in [0.2, 0.25) is 0 Å². The second-order valence-corrected chi connectivity index (χ2v) is 9.61. The predicted molar refractivity (Wildman–Crippen MR) is 133 cm³/mol. The second-order valence-electron chi connectivity index (χ2n) is 8.69. The number of fused-ring (bicyclic) bond motifs is 2. The summed E-state index contributed by atoms with van der Waals surface area (Å²) in [5.74, 6) is 0.248. The van der Waals surface area contributed by atoms with Crippen molar-refractivity contribution in [3.63, 3.8) is 0 Å². The van der Waals surface area contributed by atoms with Crippen LogP contribution in [0, 0.1) is 12.3 Å². The molecule has 2 aromatic rings. The standard InChI is InChI=1S/C22H27BrN4O2.2ClH/c1-15-4-5-18-16(10-15)12-27-13-17(23)11-19(27)20(24-18)26-8-6-25(7-9-26)14-22(2,3)21(28)29;;/h4-5,10-11,13H,6-9,12,14H2,1-3H3,(H,28,29);2*1H. The number of amidine groups is 1. The number of aliphatic imine (C=N–C) groups is 1. The molecule has 1 N–H and O–H groups in total. The van der Waals surface area contributed by atoms with E-state index in [-0.39, 0.29) is 24.8 Å². The van der Waals surface area contributed by atoms with E-state index in [1.807, 2.05) is 0 Å². The highest BCUT2D eigenvalue weighted by Gasteiger charge is 2.32. The van der Waals surface area contributed by atoms with Crippen molar-refractivity contribution in [3.05, 3.63) is 51.8 Å². The van der Waals surface area contributed by atoms with Gasteiger partial charge in [-0.25, -0.2) is 4.99 Å². The Bertz CT molecular complexity index is 982. The van der Waals surface area contributed by atoms with Gasteiger partial charge >= 0.3 is 5.97 Å². The molecule has 1 saturated heterocycles. The van der Waals surface area contributed by atoms with Crippen molar-refractivity contribution in [2.24, 2.45) is 10.4 Å². The maximum Gasteiger partial charge on any atom is 0.310 e. The SMILES string of the molecule is Cc1ccc2c(c1)Cn1cc(Br)cc1C(N1CCN(CC(C)(C)C(=O)O)CC1)=N2.Cl.Cl. The van der Waals surface area contributed by atoms with Gasteiger partial charge < -0.3 is 14.6 Å². The molecule has 1 fully saturated rings. The van der Waals surface area contributed by atoms with Crippen LogP contribution in [-0.2, 0) is 11.3 Å². The van der Waals surface area contributed by atoms with Crippen LogP contribution >= 0.6 is 40.7 Å². The third kappa shape index (κ3) is 5.45. The molecular weight excluding hydrogens is 503 g/mol. The number of halogens is 3. The molecule has 2 aliphatic heterocycles. The highest BCUT2D eigenvalue weighted by molar-refractivity contribution is 9.10. The van der Waals surface area contributed by atoms with Gasteiger partial charge in [-0.1, -0.05) is 17.7 Å². The largest absolute Gasteiger partial charge is 0.481 e. The summed E-state index contributed by atoms with van der Waals surface area (Å²) in [4.78, 5) is 21.1. The van der Waals surface area contributed by atoms with Crippen molar-refractivity contribution in [1.82, 2.24) is 14.4 Å². The quantitative estimate of drug-likeness (QED) is 0.630. The number of aromatic nitrogens is 1. The van der Waals surface area contributed by atoms with Crippen molar-refractivity contribution in [2.75, 3.05) is 32.7 Å². The van der Waals surface area contributed by atoms with Crippen LogP contribution < -0.4 is 0 Å². The second kappa shape index (κ2) is 9.94. The number of hydrogen-bond donors (Lipinski definition) is 1. The van der Waals surface area contributed by atoms with Gasteiger partial charge in [0.2, 0.25) is 0 Å². The molecule has 0 spiro atoms. The number of nitrogens with zero attached hydrogens (tertiary/aromatic N) is 4. The number of rotatable bonds is 3. The molecule has 1 aromatic carbocycles. The Balaban J connectivity index is 0.00000171. The van der Waals surface area contributed by atoms with Gasteiger partial charge in [0.15, 0.2) is 5.84 Å². The minimum atomic E-state index is -0.748. The fraction of sp³-hybridized carbons (Fsp3) is 0.455. The number of carboxylic acid groups (broad SMARTS) is 1. The van der Waals surface area contributed by atoms with E-state index in [1.165, 1.54) is 11.1 Å². The Morgan fingerprint density at radius 3 is 2.48 bits per heavy atom. The van der Waals surface area contributed by atoms with Gasteiger partial charge in [-0.2, -0.15) is 0 Å². The fourth-order valence-corrected chi connectivity index (χ4v) is 4.54. The average Bonchev–Trinajstić information content (AvgIpc) is 2.94. The van der Waals surface area contributed by atoms with Gasteiger partial charge in [-0.3, -0.25) is 9.69 Å². The Morgan fingerprint density at radius 1 is 1.16 bits per heavy atom. The molecule has 6 nitrogen and oxygen atoms in total. The summed E-state index contributed by atoms with van der Waals surface area (Å²) >= 11 is 3.62. The molecule has 4 rings (SSSR count). The number of benzene rings is 1. The first kappa shape index (κ1) is 25.7. The Morgan fingerprint density at radius 2 is 1.84 bits per heavy atom. The van der Waals surface area contributed by atoms with E-state index in [4.69, 9.17) is 4.99 Å². The number of hydrogen-bond acceptors (Lipinski definition) is 4. The van der Waals surface area contributed by atoms with Gasteiger partial charge in [0, 0.05) is 49.9 Å². The van der Waals surface area contributed by atoms with Gasteiger partial charge in [-0.15, -0.1) is 24.8 Å². The normalized spacial score (nSPS) is 16.3. The molecule has 0 amide bonds. The van der Waals surface area contributed by atoms with Gasteiger partial charge in [-0.05, 0) is 54.4 Å². The molecule has 1 aromatic heterocycles. The zero-order chi connectivity index (χ0) is 20.8. The van der Waals surface area contributed by atoms with E-state index >= 15 is 0 Å². The molecular formula is C22H29BrCl2N4O2. The molecule has 0 unspecified atom stereocenters. The molecule has 3 heterocycles. The Labute approximate surface area is 204 Å². The van der Waals surface area contributed by atoms with Crippen molar-refractivity contribution >= 4 is 58.2 Å². The third-order valence-corrected chi connectivity index (χ3v) is 6.20. The number of carbonyl (C=O) groups is 1. The van der Waals surface area contributed by atoms with Crippen molar-refractivity contribution in [2.45, 2.75) is 27.3 Å².